The minimum atomic E-state index is -2.88. The molecular formula is C8H7F2N3O. The van der Waals surface area contributed by atoms with Crippen molar-refractivity contribution in [2.45, 2.75) is 13.0 Å². The first-order valence-corrected chi connectivity index (χ1v) is 3.71. The number of rotatable bonds is 2. The normalized spacial score (nSPS) is 10.2. The van der Waals surface area contributed by atoms with Gasteiger partial charge in [0.05, 0.1) is 11.3 Å². The number of aromatic nitrogens is 1. The van der Waals surface area contributed by atoms with Crippen LogP contribution < -0.4 is 5.73 Å². The number of halogens is 2. The summed E-state index contributed by atoms with van der Waals surface area (Å²) in [6, 6.07) is 2.65. The monoisotopic (exact) mass is 199 g/mol. The van der Waals surface area contributed by atoms with Gasteiger partial charge in [0.1, 0.15) is 17.5 Å². The first-order chi connectivity index (χ1) is 6.60. The predicted octanol–water partition coefficient (Wildman–Crippen LogP) is 1.06. The van der Waals surface area contributed by atoms with E-state index in [-0.39, 0.29) is 17.8 Å². The van der Waals surface area contributed by atoms with Crippen molar-refractivity contribution in [1.29, 1.82) is 5.26 Å². The van der Waals surface area contributed by atoms with Crippen molar-refractivity contribution in [3.63, 3.8) is 0 Å². The Morgan fingerprint density at radius 3 is 2.71 bits per heavy atom. The summed E-state index contributed by atoms with van der Waals surface area (Å²) >= 11 is 0. The molecule has 0 saturated carbocycles. The first-order valence-electron chi connectivity index (χ1n) is 3.71. The van der Waals surface area contributed by atoms with Crippen LogP contribution in [0.1, 0.15) is 23.4 Å². The van der Waals surface area contributed by atoms with Crippen LogP contribution in [0.25, 0.3) is 0 Å². The lowest BCUT2D eigenvalue weighted by Crippen LogP contribution is -2.05. The van der Waals surface area contributed by atoms with Gasteiger partial charge in [0.15, 0.2) is 0 Å². The fourth-order valence-electron chi connectivity index (χ4n) is 0.970. The molecule has 1 aromatic heterocycles. The molecule has 1 heterocycles. The second-order valence-corrected chi connectivity index (χ2v) is 2.50. The van der Waals surface area contributed by atoms with E-state index in [9.17, 15) is 8.78 Å². The zero-order chi connectivity index (χ0) is 10.7. The topological polar surface area (TPSA) is 82.9 Å². The van der Waals surface area contributed by atoms with Gasteiger partial charge in [0.25, 0.3) is 6.43 Å². The molecule has 1 rings (SSSR count). The van der Waals surface area contributed by atoms with Crippen molar-refractivity contribution in [1.82, 2.24) is 4.98 Å². The highest BCUT2D eigenvalue weighted by Crippen LogP contribution is 2.27. The van der Waals surface area contributed by atoms with E-state index in [1.807, 2.05) is 0 Å². The molecule has 0 radical (unpaired) electrons. The Hall–Kier alpha value is -1.74. The third-order valence-corrected chi connectivity index (χ3v) is 1.63. The van der Waals surface area contributed by atoms with Gasteiger partial charge < -0.3 is 10.8 Å². The fourth-order valence-corrected chi connectivity index (χ4v) is 0.970. The fraction of sp³-hybridized carbons (Fsp3) is 0.250. The molecule has 4 nitrogen and oxygen atoms in total. The molecular weight excluding hydrogens is 192 g/mol. The van der Waals surface area contributed by atoms with Crippen LogP contribution in [0.4, 0.5) is 8.78 Å². The van der Waals surface area contributed by atoms with Crippen LogP contribution >= 0.6 is 0 Å². The molecule has 0 unspecified atom stereocenters. The summed E-state index contributed by atoms with van der Waals surface area (Å²) in [6.45, 7) is -0.122. The second-order valence-electron chi connectivity index (χ2n) is 2.50. The largest absolute Gasteiger partial charge is 0.506 e. The van der Waals surface area contributed by atoms with Crippen LogP contribution in [0.5, 0.6) is 5.75 Å². The van der Waals surface area contributed by atoms with E-state index >= 15 is 0 Å². The van der Waals surface area contributed by atoms with Crippen molar-refractivity contribution in [3.05, 3.63) is 23.0 Å². The third-order valence-electron chi connectivity index (χ3n) is 1.63. The highest BCUT2D eigenvalue weighted by atomic mass is 19.3. The number of pyridine rings is 1. The SMILES string of the molecule is N#Cc1cc(O)c(C(F)F)nc1CN. The van der Waals surface area contributed by atoms with Gasteiger partial charge in [-0.25, -0.2) is 13.8 Å². The summed E-state index contributed by atoms with van der Waals surface area (Å²) in [5.41, 5.74) is 4.52. The summed E-state index contributed by atoms with van der Waals surface area (Å²) < 4.78 is 24.5. The molecule has 0 aliphatic rings. The van der Waals surface area contributed by atoms with E-state index < -0.39 is 17.9 Å². The Kier molecular flexibility index (Phi) is 2.94. The minimum absolute atomic E-state index is 0.00870. The smallest absolute Gasteiger partial charge is 0.284 e. The van der Waals surface area contributed by atoms with Gasteiger partial charge in [-0.3, -0.25) is 0 Å². The number of hydrogen-bond acceptors (Lipinski definition) is 4. The molecule has 0 fully saturated rings. The quantitative estimate of drug-likeness (QED) is 0.745. The average molecular weight is 199 g/mol. The van der Waals surface area contributed by atoms with Crippen molar-refractivity contribution in [2.24, 2.45) is 5.73 Å². The zero-order valence-electron chi connectivity index (χ0n) is 7.04. The predicted molar refractivity (Wildman–Crippen MR) is 43.5 cm³/mol. The first kappa shape index (κ1) is 10.3. The van der Waals surface area contributed by atoms with Crippen LogP contribution in [0, 0.1) is 11.3 Å². The lowest BCUT2D eigenvalue weighted by atomic mass is 10.1. The van der Waals surface area contributed by atoms with Crippen LogP contribution in [-0.4, -0.2) is 10.1 Å². The highest BCUT2D eigenvalue weighted by Gasteiger charge is 2.17. The lowest BCUT2D eigenvalue weighted by Gasteiger charge is -2.06. The van der Waals surface area contributed by atoms with Crippen molar-refractivity contribution >= 4 is 0 Å². The summed E-state index contributed by atoms with van der Waals surface area (Å²) in [6.07, 6.45) is -2.88. The zero-order valence-corrected chi connectivity index (χ0v) is 7.04. The standard InChI is InChI=1S/C8H7F2N3O/c9-8(10)7-6(14)1-4(2-11)5(3-12)13-7/h1,8,14H,3,12H2. The molecule has 6 heteroatoms. The Morgan fingerprint density at radius 1 is 1.64 bits per heavy atom. The van der Waals surface area contributed by atoms with Gasteiger partial charge in [-0.2, -0.15) is 5.26 Å². The van der Waals surface area contributed by atoms with E-state index in [4.69, 9.17) is 16.1 Å². The molecule has 0 atom stereocenters. The molecule has 0 aromatic carbocycles. The maximum atomic E-state index is 12.2. The molecule has 0 saturated heterocycles. The van der Waals surface area contributed by atoms with E-state index in [0.29, 0.717) is 0 Å². The van der Waals surface area contributed by atoms with Gasteiger partial charge in [-0.1, -0.05) is 0 Å². The highest BCUT2D eigenvalue weighted by molar-refractivity contribution is 5.41. The van der Waals surface area contributed by atoms with E-state index in [0.717, 1.165) is 6.07 Å². The number of nitrogens with two attached hydrogens (primary N) is 1. The van der Waals surface area contributed by atoms with Gasteiger partial charge in [-0.15, -0.1) is 0 Å². The maximum absolute atomic E-state index is 12.2. The van der Waals surface area contributed by atoms with Gasteiger partial charge in [0.2, 0.25) is 0 Å². The van der Waals surface area contributed by atoms with E-state index in [1.54, 1.807) is 6.07 Å². The summed E-state index contributed by atoms with van der Waals surface area (Å²) in [5, 5.41) is 17.6. The molecule has 0 spiro atoms. The molecule has 0 aliphatic carbocycles. The van der Waals surface area contributed by atoms with Crippen molar-refractivity contribution in [2.75, 3.05) is 0 Å². The summed E-state index contributed by atoms with van der Waals surface area (Å²) in [4.78, 5) is 3.41. The van der Waals surface area contributed by atoms with Crippen molar-refractivity contribution in [3.8, 4) is 11.8 Å². The maximum Gasteiger partial charge on any atom is 0.284 e. The molecule has 0 amide bonds. The van der Waals surface area contributed by atoms with Gasteiger partial charge in [-0.05, 0) is 0 Å². The summed E-state index contributed by atoms with van der Waals surface area (Å²) in [5.74, 6) is -0.686. The van der Waals surface area contributed by atoms with Crippen LogP contribution in [0.2, 0.25) is 0 Å². The number of nitriles is 1. The molecule has 14 heavy (non-hydrogen) atoms. The Bertz CT molecular complexity index is 386. The number of hydrogen-bond donors (Lipinski definition) is 2. The Morgan fingerprint density at radius 2 is 2.29 bits per heavy atom. The van der Waals surface area contributed by atoms with E-state index in [2.05, 4.69) is 4.98 Å². The van der Waals surface area contributed by atoms with Crippen LogP contribution in [0.3, 0.4) is 0 Å². The summed E-state index contributed by atoms with van der Waals surface area (Å²) in [7, 11) is 0. The molecule has 1 aromatic rings. The second kappa shape index (κ2) is 3.98. The van der Waals surface area contributed by atoms with Crippen LogP contribution in [0.15, 0.2) is 6.07 Å². The molecule has 3 N–H and O–H groups in total. The van der Waals surface area contributed by atoms with Gasteiger partial charge in [0, 0.05) is 12.6 Å². The minimum Gasteiger partial charge on any atom is -0.506 e. The molecule has 0 aliphatic heterocycles. The van der Waals surface area contributed by atoms with Crippen molar-refractivity contribution < 1.29 is 13.9 Å². The number of aromatic hydroxyl groups is 1. The van der Waals surface area contributed by atoms with Crippen LogP contribution in [-0.2, 0) is 6.54 Å². The average Bonchev–Trinajstić information content (AvgIpc) is 2.16. The Labute approximate surface area is 78.6 Å². The van der Waals surface area contributed by atoms with E-state index in [1.165, 1.54) is 0 Å². The van der Waals surface area contributed by atoms with Gasteiger partial charge >= 0.3 is 0 Å². The number of nitrogens with zero attached hydrogens (tertiary/aromatic N) is 2. The molecule has 0 bridgehead atoms. The third kappa shape index (κ3) is 1.78. The number of alkyl halides is 2. The molecule has 74 valence electrons. The lowest BCUT2D eigenvalue weighted by molar-refractivity contribution is 0.141. The Balaban J connectivity index is 3.32.